The standard InChI is InChI=1S/C23H28Cl2N2O2/c1-4-21(23(29)26-14-16(2)3)27(15-17-8-6-5-7-9-17)22(28)12-18-10-11-19(24)13-20(18)25/h5-11,13,16,21H,4,12,14-15H2,1-3H3,(H,26,29)/t21-/m0/s1. The van der Waals surface area contributed by atoms with Crippen LogP contribution in [0.3, 0.4) is 0 Å². The van der Waals surface area contributed by atoms with Gasteiger partial charge in [-0.25, -0.2) is 0 Å². The van der Waals surface area contributed by atoms with Gasteiger partial charge in [0.05, 0.1) is 6.42 Å². The number of hydrogen-bond acceptors (Lipinski definition) is 2. The summed E-state index contributed by atoms with van der Waals surface area (Å²) < 4.78 is 0. The van der Waals surface area contributed by atoms with Gasteiger partial charge in [-0.05, 0) is 35.6 Å². The highest BCUT2D eigenvalue weighted by atomic mass is 35.5. The van der Waals surface area contributed by atoms with Crippen LogP contribution in [0.5, 0.6) is 0 Å². The van der Waals surface area contributed by atoms with Crippen molar-refractivity contribution < 1.29 is 9.59 Å². The van der Waals surface area contributed by atoms with E-state index in [0.29, 0.717) is 41.0 Å². The number of rotatable bonds is 9. The number of nitrogens with one attached hydrogen (secondary N) is 1. The van der Waals surface area contributed by atoms with E-state index in [1.54, 1.807) is 23.1 Å². The Kier molecular flexibility index (Phi) is 8.99. The minimum Gasteiger partial charge on any atom is -0.354 e. The number of carbonyl (C=O) groups is 2. The second kappa shape index (κ2) is 11.2. The molecule has 6 heteroatoms. The minimum absolute atomic E-state index is 0.108. The number of nitrogens with zero attached hydrogens (tertiary/aromatic N) is 1. The van der Waals surface area contributed by atoms with E-state index in [9.17, 15) is 9.59 Å². The van der Waals surface area contributed by atoms with Gasteiger partial charge in [-0.15, -0.1) is 0 Å². The largest absolute Gasteiger partial charge is 0.354 e. The van der Waals surface area contributed by atoms with Crippen LogP contribution < -0.4 is 5.32 Å². The highest BCUT2D eigenvalue weighted by Gasteiger charge is 2.29. The van der Waals surface area contributed by atoms with Crippen LogP contribution in [0.4, 0.5) is 0 Å². The SMILES string of the molecule is CC[C@@H](C(=O)NCC(C)C)N(Cc1ccccc1)C(=O)Cc1ccc(Cl)cc1Cl. The second-order valence-electron chi connectivity index (χ2n) is 7.48. The molecule has 0 aliphatic rings. The first-order valence-electron chi connectivity index (χ1n) is 9.86. The van der Waals surface area contributed by atoms with Gasteiger partial charge < -0.3 is 10.2 Å². The van der Waals surface area contributed by atoms with Gasteiger partial charge in [0, 0.05) is 23.1 Å². The van der Waals surface area contributed by atoms with Gasteiger partial charge in [0.15, 0.2) is 0 Å². The van der Waals surface area contributed by atoms with Crippen LogP contribution in [0, 0.1) is 5.92 Å². The minimum atomic E-state index is -0.549. The Morgan fingerprint density at radius 2 is 1.76 bits per heavy atom. The monoisotopic (exact) mass is 434 g/mol. The molecule has 0 bridgehead atoms. The molecule has 2 amide bonds. The molecule has 2 aromatic carbocycles. The van der Waals surface area contributed by atoms with Crippen LogP contribution in [-0.4, -0.2) is 29.3 Å². The van der Waals surface area contributed by atoms with E-state index < -0.39 is 6.04 Å². The van der Waals surface area contributed by atoms with Gasteiger partial charge in [-0.3, -0.25) is 9.59 Å². The molecule has 29 heavy (non-hydrogen) atoms. The number of amides is 2. The Balaban J connectivity index is 2.27. The highest BCUT2D eigenvalue weighted by Crippen LogP contribution is 2.23. The molecule has 156 valence electrons. The van der Waals surface area contributed by atoms with E-state index >= 15 is 0 Å². The summed E-state index contributed by atoms with van der Waals surface area (Å²) in [6, 6.07) is 14.2. The van der Waals surface area contributed by atoms with Crippen LogP contribution in [0.15, 0.2) is 48.5 Å². The van der Waals surface area contributed by atoms with E-state index in [2.05, 4.69) is 5.32 Å². The van der Waals surface area contributed by atoms with Crippen molar-refractivity contribution >= 4 is 35.0 Å². The van der Waals surface area contributed by atoms with E-state index in [1.165, 1.54) is 0 Å². The molecule has 0 unspecified atom stereocenters. The molecule has 2 aromatic rings. The molecule has 0 heterocycles. The van der Waals surface area contributed by atoms with Gasteiger partial charge in [-0.2, -0.15) is 0 Å². The molecule has 0 saturated heterocycles. The predicted molar refractivity (Wildman–Crippen MR) is 119 cm³/mol. The van der Waals surface area contributed by atoms with Gasteiger partial charge in [0.1, 0.15) is 6.04 Å². The summed E-state index contributed by atoms with van der Waals surface area (Å²) in [5, 5.41) is 3.93. The maximum absolute atomic E-state index is 13.3. The molecule has 0 spiro atoms. The summed E-state index contributed by atoms with van der Waals surface area (Å²) >= 11 is 12.2. The van der Waals surface area contributed by atoms with Crippen molar-refractivity contribution in [3.8, 4) is 0 Å². The first-order chi connectivity index (χ1) is 13.8. The fourth-order valence-electron chi connectivity index (χ4n) is 3.05. The van der Waals surface area contributed by atoms with Crippen molar-refractivity contribution in [2.45, 2.75) is 46.2 Å². The molecule has 0 aliphatic carbocycles. The molecular formula is C23H28Cl2N2O2. The lowest BCUT2D eigenvalue weighted by Crippen LogP contribution is -2.50. The van der Waals surface area contributed by atoms with Crippen molar-refractivity contribution in [3.05, 3.63) is 69.7 Å². The Hall–Kier alpha value is -2.04. The molecule has 0 aromatic heterocycles. The molecule has 0 radical (unpaired) electrons. The van der Waals surface area contributed by atoms with Crippen LogP contribution >= 0.6 is 23.2 Å². The van der Waals surface area contributed by atoms with Crippen molar-refractivity contribution in [3.63, 3.8) is 0 Å². The first-order valence-corrected chi connectivity index (χ1v) is 10.6. The van der Waals surface area contributed by atoms with E-state index in [1.807, 2.05) is 51.1 Å². The zero-order valence-electron chi connectivity index (χ0n) is 17.1. The van der Waals surface area contributed by atoms with Crippen LogP contribution in [0.2, 0.25) is 10.0 Å². The molecule has 0 aliphatic heterocycles. The average molecular weight is 435 g/mol. The molecular weight excluding hydrogens is 407 g/mol. The number of hydrogen-bond donors (Lipinski definition) is 1. The fraction of sp³-hybridized carbons (Fsp3) is 0.391. The lowest BCUT2D eigenvalue weighted by Gasteiger charge is -2.31. The number of benzene rings is 2. The normalized spacial score (nSPS) is 11.9. The molecule has 1 atom stereocenters. The van der Waals surface area contributed by atoms with Gasteiger partial charge >= 0.3 is 0 Å². The molecule has 0 fully saturated rings. The quantitative estimate of drug-likeness (QED) is 0.595. The fourth-order valence-corrected chi connectivity index (χ4v) is 3.53. The highest BCUT2D eigenvalue weighted by molar-refractivity contribution is 6.35. The maximum atomic E-state index is 13.3. The Morgan fingerprint density at radius 1 is 1.07 bits per heavy atom. The van der Waals surface area contributed by atoms with Crippen molar-refractivity contribution in [2.24, 2.45) is 5.92 Å². The van der Waals surface area contributed by atoms with Gasteiger partial charge in [0.25, 0.3) is 0 Å². The van der Waals surface area contributed by atoms with E-state index in [0.717, 1.165) is 5.56 Å². The van der Waals surface area contributed by atoms with Crippen LogP contribution in [-0.2, 0) is 22.6 Å². The second-order valence-corrected chi connectivity index (χ2v) is 8.33. The summed E-state index contributed by atoms with van der Waals surface area (Å²) in [6.45, 7) is 6.93. The Morgan fingerprint density at radius 3 is 2.34 bits per heavy atom. The topological polar surface area (TPSA) is 49.4 Å². The summed E-state index contributed by atoms with van der Waals surface area (Å²) in [4.78, 5) is 27.7. The summed E-state index contributed by atoms with van der Waals surface area (Å²) in [5.74, 6) is 0.0555. The Bertz CT molecular complexity index is 825. The van der Waals surface area contributed by atoms with Crippen molar-refractivity contribution in [2.75, 3.05) is 6.54 Å². The van der Waals surface area contributed by atoms with Crippen LogP contribution in [0.1, 0.15) is 38.3 Å². The molecule has 1 N–H and O–H groups in total. The molecule has 2 rings (SSSR count). The predicted octanol–water partition coefficient (Wildman–Crippen LogP) is 5.12. The number of halogens is 2. The molecule has 4 nitrogen and oxygen atoms in total. The van der Waals surface area contributed by atoms with Crippen molar-refractivity contribution in [1.82, 2.24) is 10.2 Å². The molecule has 0 saturated carbocycles. The third-order valence-electron chi connectivity index (χ3n) is 4.62. The zero-order chi connectivity index (χ0) is 21.4. The number of carbonyl (C=O) groups excluding carboxylic acids is 2. The third-order valence-corrected chi connectivity index (χ3v) is 5.21. The lowest BCUT2D eigenvalue weighted by atomic mass is 10.1. The van der Waals surface area contributed by atoms with Crippen molar-refractivity contribution in [1.29, 1.82) is 0 Å². The van der Waals surface area contributed by atoms with Gasteiger partial charge in [-0.1, -0.05) is 80.4 Å². The third kappa shape index (κ3) is 7.06. The van der Waals surface area contributed by atoms with Gasteiger partial charge in [0.2, 0.25) is 11.8 Å². The smallest absolute Gasteiger partial charge is 0.242 e. The summed E-state index contributed by atoms with van der Waals surface area (Å²) in [5.41, 5.74) is 1.66. The van der Waals surface area contributed by atoms with Crippen LogP contribution in [0.25, 0.3) is 0 Å². The first kappa shape index (κ1) is 23.2. The van der Waals surface area contributed by atoms with E-state index in [-0.39, 0.29) is 18.2 Å². The van der Waals surface area contributed by atoms with E-state index in [4.69, 9.17) is 23.2 Å². The maximum Gasteiger partial charge on any atom is 0.242 e. The Labute approximate surface area is 183 Å². The zero-order valence-corrected chi connectivity index (χ0v) is 18.6. The summed E-state index contributed by atoms with van der Waals surface area (Å²) in [7, 11) is 0. The average Bonchev–Trinajstić information content (AvgIpc) is 2.69. The lowest BCUT2D eigenvalue weighted by molar-refractivity contribution is -0.141. The summed E-state index contributed by atoms with van der Waals surface area (Å²) in [6.07, 6.45) is 0.633.